The summed E-state index contributed by atoms with van der Waals surface area (Å²) in [5, 5.41) is 6.42. The van der Waals surface area contributed by atoms with Crippen LogP contribution in [-0.2, 0) is 4.79 Å². The van der Waals surface area contributed by atoms with E-state index < -0.39 is 0 Å². The minimum absolute atomic E-state index is 0.00946. The minimum atomic E-state index is -0.00946. The van der Waals surface area contributed by atoms with Gasteiger partial charge in [0.25, 0.3) is 0 Å². The van der Waals surface area contributed by atoms with Crippen molar-refractivity contribution >= 4 is 17.3 Å². The lowest BCUT2D eigenvalue weighted by molar-refractivity contribution is -0.118. The van der Waals surface area contributed by atoms with Crippen LogP contribution in [0, 0.1) is 11.8 Å². The molecule has 3 heteroatoms. The highest BCUT2D eigenvalue weighted by atomic mass is 16.1. The monoisotopic (exact) mass is 276 g/mol. The van der Waals surface area contributed by atoms with Gasteiger partial charge in [-0.3, -0.25) is 4.79 Å². The Morgan fingerprint density at radius 1 is 1.00 bits per heavy atom. The summed E-state index contributed by atoms with van der Waals surface area (Å²) in [6, 6.07) is 6.23. The Morgan fingerprint density at radius 2 is 1.60 bits per heavy atom. The molecular formula is C17H28N2O. The first-order valence-corrected chi connectivity index (χ1v) is 7.49. The Bertz CT molecular complexity index is 450. The Balaban J connectivity index is 2.95. The number of amides is 1. The second-order valence-electron chi connectivity index (χ2n) is 6.42. The lowest BCUT2D eigenvalue weighted by atomic mass is 10.0. The van der Waals surface area contributed by atoms with Crippen molar-refractivity contribution in [3.63, 3.8) is 0 Å². The van der Waals surface area contributed by atoms with E-state index in [1.165, 1.54) is 5.56 Å². The van der Waals surface area contributed by atoms with Gasteiger partial charge in [0.05, 0.1) is 0 Å². The normalized spacial score (nSPS) is 11.2. The lowest BCUT2D eigenvalue weighted by Gasteiger charge is -2.16. The molecular weight excluding hydrogens is 248 g/mol. The van der Waals surface area contributed by atoms with Crippen molar-refractivity contribution in [1.29, 1.82) is 0 Å². The van der Waals surface area contributed by atoms with Crippen LogP contribution in [0.1, 0.15) is 53.0 Å². The number of hydrogen-bond donors (Lipinski definition) is 2. The zero-order chi connectivity index (χ0) is 15.3. The van der Waals surface area contributed by atoms with Crippen molar-refractivity contribution in [3.05, 3.63) is 23.8 Å². The van der Waals surface area contributed by atoms with Gasteiger partial charge in [-0.15, -0.1) is 0 Å². The third-order valence-corrected chi connectivity index (χ3v) is 3.13. The third kappa shape index (κ3) is 5.24. The van der Waals surface area contributed by atoms with Crippen LogP contribution in [0.15, 0.2) is 18.2 Å². The first-order valence-electron chi connectivity index (χ1n) is 7.49. The minimum Gasteiger partial charge on any atom is -0.385 e. The summed E-state index contributed by atoms with van der Waals surface area (Å²) in [7, 11) is 0. The maximum atomic E-state index is 11.8. The molecule has 1 aromatic rings. The molecule has 0 aromatic heterocycles. The highest BCUT2D eigenvalue weighted by molar-refractivity contribution is 5.92. The molecule has 0 aliphatic heterocycles. The van der Waals surface area contributed by atoms with E-state index in [0.717, 1.165) is 17.9 Å². The number of benzene rings is 1. The Kier molecular flexibility index (Phi) is 6.05. The number of nitrogens with one attached hydrogen (secondary N) is 2. The van der Waals surface area contributed by atoms with Gasteiger partial charge in [0.1, 0.15) is 0 Å². The van der Waals surface area contributed by atoms with Gasteiger partial charge in [0.2, 0.25) is 5.91 Å². The van der Waals surface area contributed by atoms with Crippen LogP contribution in [0.2, 0.25) is 0 Å². The van der Waals surface area contributed by atoms with E-state index in [1.54, 1.807) is 0 Å². The van der Waals surface area contributed by atoms with Crippen LogP contribution in [0.4, 0.5) is 11.4 Å². The van der Waals surface area contributed by atoms with Crippen LogP contribution in [0.3, 0.4) is 0 Å². The fourth-order valence-electron chi connectivity index (χ4n) is 1.77. The third-order valence-electron chi connectivity index (χ3n) is 3.13. The fourth-order valence-corrected chi connectivity index (χ4v) is 1.77. The molecule has 20 heavy (non-hydrogen) atoms. The number of carbonyl (C=O) groups is 1. The van der Waals surface area contributed by atoms with Gasteiger partial charge in [0.15, 0.2) is 0 Å². The molecule has 2 N–H and O–H groups in total. The van der Waals surface area contributed by atoms with Crippen LogP contribution < -0.4 is 10.6 Å². The number of carbonyl (C=O) groups excluding carboxylic acids is 1. The van der Waals surface area contributed by atoms with Crippen molar-refractivity contribution in [2.45, 2.75) is 47.5 Å². The topological polar surface area (TPSA) is 41.1 Å². The average molecular weight is 276 g/mol. The van der Waals surface area contributed by atoms with Gasteiger partial charge in [-0.05, 0) is 35.6 Å². The molecule has 0 unspecified atom stereocenters. The Hall–Kier alpha value is -1.51. The SMILES string of the molecule is CC(C)CNc1cc(NC(=O)C(C)C)cc(C(C)C)c1. The summed E-state index contributed by atoms with van der Waals surface area (Å²) >= 11 is 0. The van der Waals surface area contributed by atoms with Crippen molar-refractivity contribution in [1.82, 2.24) is 0 Å². The highest BCUT2D eigenvalue weighted by Gasteiger charge is 2.10. The first-order chi connectivity index (χ1) is 9.29. The smallest absolute Gasteiger partial charge is 0.226 e. The molecule has 1 aromatic carbocycles. The fraction of sp³-hybridized carbons (Fsp3) is 0.588. The molecule has 0 saturated heterocycles. The van der Waals surface area contributed by atoms with E-state index in [-0.39, 0.29) is 11.8 Å². The number of anilines is 2. The summed E-state index contributed by atoms with van der Waals surface area (Å²) in [5.41, 5.74) is 3.18. The zero-order valence-corrected chi connectivity index (χ0v) is 13.6. The summed E-state index contributed by atoms with van der Waals surface area (Å²) < 4.78 is 0. The Labute approximate surface area is 123 Å². The molecule has 0 aliphatic rings. The number of hydrogen-bond acceptors (Lipinski definition) is 2. The van der Waals surface area contributed by atoms with E-state index in [0.29, 0.717) is 11.8 Å². The molecule has 0 bridgehead atoms. The molecule has 0 heterocycles. The van der Waals surface area contributed by atoms with E-state index in [4.69, 9.17) is 0 Å². The molecule has 1 rings (SSSR count). The molecule has 0 saturated carbocycles. The predicted octanol–water partition coefficient (Wildman–Crippen LogP) is 4.47. The molecule has 112 valence electrons. The maximum Gasteiger partial charge on any atom is 0.226 e. The maximum absolute atomic E-state index is 11.8. The zero-order valence-electron chi connectivity index (χ0n) is 13.6. The largest absolute Gasteiger partial charge is 0.385 e. The molecule has 3 nitrogen and oxygen atoms in total. The lowest BCUT2D eigenvalue weighted by Crippen LogP contribution is -2.18. The van der Waals surface area contributed by atoms with E-state index in [9.17, 15) is 4.79 Å². The molecule has 0 radical (unpaired) electrons. The van der Waals surface area contributed by atoms with Crippen molar-refractivity contribution < 1.29 is 4.79 Å². The first kappa shape index (κ1) is 16.5. The molecule has 0 fully saturated rings. The van der Waals surface area contributed by atoms with Crippen LogP contribution >= 0.6 is 0 Å². The molecule has 1 amide bonds. The average Bonchev–Trinajstić information content (AvgIpc) is 2.35. The molecule has 0 spiro atoms. The summed E-state index contributed by atoms with van der Waals surface area (Å²) in [6.07, 6.45) is 0. The summed E-state index contributed by atoms with van der Waals surface area (Å²) in [6.45, 7) is 13.4. The standard InChI is InChI=1S/C17H28N2O/c1-11(2)10-18-15-7-14(12(3)4)8-16(9-15)19-17(20)13(5)6/h7-9,11-13,18H,10H2,1-6H3,(H,19,20). The highest BCUT2D eigenvalue weighted by Crippen LogP contribution is 2.25. The summed E-state index contributed by atoms with van der Waals surface area (Å²) in [5.74, 6) is 1.07. The van der Waals surface area contributed by atoms with Crippen LogP contribution in [0.25, 0.3) is 0 Å². The van der Waals surface area contributed by atoms with Crippen molar-refractivity contribution in [2.75, 3.05) is 17.2 Å². The Morgan fingerprint density at radius 3 is 2.10 bits per heavy atom. The van der Waals surface area contributed by atoms with E-state index in [2.05, 4.69) is 50.5 Å². The molecule has 0 atom stereocenters. The van der Waals surface area contributed by atoms with Gasteiger partial charge < -0.3 is 10.6 Å². The van der Waals surface area contributed by atoms with Crippen molar-refractivity contribution in [3.8, 4) is 0 Å². The predicted molar refractivity (Wildman–Crippen MR) is 87.3 cm³/mol. The van der Waals surface area contributed by atoms with E-state index >= 15 is 0 Å². The molecule has 0 aliphatic carbocycles. The number of rotatable bonds is 6. The summed E-state index contributed by atoms with van der Waals surface area (Å²) in [4.78, 5) is 11.8. The van der Waals surface area contributed by atoms with Gasteiger partial charge >= 0.3 is 0 Å². The second kappa shape index (κ2) is 7.32. The van der Waals surface area contributed by atoms with Gasteiger partial charge in [-0.1, -0.05) is 41.5 Å². The quantitative estimate of drug-likeness (QED) is 0.804. The second-order valence-corrected chi connectivity index (χ2v) is 6.42. The van der Waals surface area contributed by atoms with Gasteiger partial charge in [-0.25, -0.2) is 0 Å². The van der Waals surface area contributed by atoms with Crippen LogP contribution in [0.5, 0.6) is 0 Å². The van der Waals surface area contributed by atoms with Crippen LogP contribution in [-0.4, -0.2) is 12.5 Å². The van der Waals surface area contributed by atoms with E-state index in [1.807, 2.05) is 19.9 Å². The van der Waals surface area contributed by atoms with Gasteiger partial charge in [0, 0.05) is 23.8 Å². The van der Waals surface area contributed by atoms with Crippen molar-refractivity contribution in [2.24, 2.45) is 11.8 Å². The van der Waals surface area contributed by atoms with Gasteiger partial charge in [-0.2, -0.15) is 0 Å².